The lowest BCUT2D eigenvalue weighted by molar-refractivity contribution is -0.0498. The Morgan fingerprint density at radius 1 is 1.26 bits per heavy atom. The van der Waals surface area contributed by atoms with Crippen molar-refractivity contribution in [2.75, 3.05) is 33.9 Å². The number of benzene rings is 1. The van der Waals surface area contributed by atoms with Gasteiger partial charge in [0, 0.05) is 33.7 Å². The molecule has 0 unspecified atom stereocenters. The molecule has 1 aromatic heterocycles. The van der Waals surface area contributed by atoms with Crippen molar-refractivity contribution in [2.24, 2.45) is 4.99 Å². The smallest absolute Gasteiger partial charge is 0.387 e. The molecule has 0 aliphatic carbocycles. The average Bonchev–Trinajstić information content (AvgIpc) is 3.15. The predicted octanol–water partition coefficient (Wildman–Crippen LogP) is 3.15. The number of aliphatic imine (C=N–C) groups is 1. The zero-order valence-corrected chi connectivity index (χ0v) is 15.5. The van der Waals surface area contributed by atoms with Crippen molar-refractivity contribution in [2.45, 2.75) is 19.6 Å². The van der Waals surface area contributed by atoms with E-state index in [1.165, 1.54) is 12.1 Å². The molecule has 8 heteroatoms. The van der Waals surface area contributed by atoms with Gasteiger partial charge in [-0.25, -0.2) is 0 Å². The van der Waals surface area contributed by atoms with Gasteiger partial charge in [-0.3, -0.25) is 4.99 Å². The van der Waals surface area contributed by atoms with Gasteiger partial charge < -0.3 is 24.1 Å². The molecule has 2 aromatic rings. The average molecular weight is 381 g/mol. The number of guanidine groups is 1. The van der Waals surface area contributed by atoms with Crippen LogP contribution in [0.1, 0.15) is 11.3 Å². The molecule has 0 fully saturated rings. The van der Waals surface area contributed by atoms with E-state index in [9.17, 15) is 8.78 Å². The predicted molar refractivity (Wildman–Crippen MR) is 99.1 cm³/mol. The summed E-state index contributed by atoms with van der Waals surface area (Å²) in [6, 6.07) is 10.4. The number of rotatable bonds is 10. The molecule has 1 heterocycles. The van der Waals surface area contributed by atoms with E-state index in [4.69, 9.17) is 9.15 Å². The van der Waals surface area contributed by atoms with Crippen LogP contribution in [0.2, 0.25) is 0 Å². The zero-order valence-electron chi connectivity index (χ0n) is 15.5. The van der Waals surface area contributed by atoms with E-state index in [1.807, 2.05) is 24.1 Å². The van der Waals surface area contributed by atoms with Crippen molar-refractivity contribution in [1.29, 1.82) is 0 Å². The first kappa shape index (κ1) is 20.7. The maximum absolute atomic E-state index is 12.2. The van der Waals surface area contributed by atoms with E-state index in [-0.39, 0.29) is 5.75 Å². The Hall–Kier alpha value is -2.61. The van der Waals surface area contributed by atoms with Gasteiger partial charge in [-0.15, -0.1) is 0 Å². The summed E-state index contributed by atoms with van der Waals surface area (Å²) < 4.78 is 39.2. The maximum Gasteiger partial charge on any atom is 0.387 e. The number of hydrogen-bond donors (Lipinski definition) is 1. The monoisotopic (exact) mass is 381 g/mol. The maximum atomic E-state index is 12.2. The molecule has 0 amide bonds. The van der Waals surface area contributed by atoms with Crippen molar-refractivity contribution in [1.82, 2.24) is 10.2 Å². The largest absolute Gasteiger partial charge is 0.469 e. The van der Waals surface area contributed by atoms with Crippen LogP contribution in [0, 0.1) is 0 Å². The van der Waals surface area contributed by atoms with Crippen molar-refractivity contribution in [3.63, 3.8) is 0 Å². The van der Waals surface area contributed by atoms with E-state index in [1.54, 1.807) is 25.5 Å². The first-order valence-electron chi connectivity index (χ1n) is 8.63. The fraction of sp³-hybridized carbons (Fsp3) is 0.421. The van der Waals surface area contributed by atoms with Gasteiger partial charge in [0.05, 0.1) is 19.4 Å². The molecule has 0 radical (unpaired) electrons. The number of nitrogens with one attached hydrogen (secondary N) is 1. The van der Waals surface area contributed by atoms with E-state index < -0.39 is 6.61 Å². The van der Waals surface area contributed by atoms with Crippen LogP contribution in [0.4, 0.5) is 8.78 Å². The number of furan rings is 1. The molecule has 0 aliphatic rings. The van der Waals surface area contributed by atoms with Gasteiger partial charge in [0.2, 0.25) is 0 Å². The van der Waals surface area contributed by atoms with Crippen molar-refractivity contribution < 1.29 is 22.7 Å². The van der Waals surface area contributed by atoms with Crippen molar-refractivity contribution in [3.05, 3.63) is 54.0 Å². The van der Waals surface area contributed by atoms with Gasteiger partial charge >= 0.3 is 6.61 Å². The Morgan fingerprint density at radius 3 is 2.67 bits per heavy atom. The number of hydrogen-bond acceptors (Lipinski definition) is 4. The standard InChI is InChI=1S/C19H25F2N3O3/c1-24(14-15-5-7-17(8-6-15)27-18(20)21)19(23-11-13-25-2)22-10-9-16-4-3-12-26-16/h3-8,12,18H,9-11,13-14H2,1-2H3,(H,22,23). The van der Waals surface area contributed by atoms with E-state index in [2.05, 4.69) is 15.0 Å². The molecule has 0 bridgehead atoms. The molecule has 0 saturated heterocycles. The van der Waals surface area contributed by atoms with Crippen LogP contribution in [0.5, 0.6) is 5.75 Å². The third kappa shape index (κ3) is 7.65. The lowest BCUT2D eigenvalue weighted by atomic mass is 10.2. The summed E-state index contributed by atoms with van der Waals surface area (Å²) in [6.07, 6.45) is 2.39. The molecule has 1 N–H and O–H groups in total. The Labute approximate surface area is 157 Å². The van der Waals surface area contributed by atoms with Crippen LogP contribution in [0.15, 0.2) is 52.1 Å². The normalized spacial score (nSPS) is 11.7. The molecule has 0 aliphatic heterocycles. The summed E-state index contributed by atoms with van der Waals surface area (Å²) in [4.78, 5) is 6.50. The topological polar surface area (TPSA) is 59.2 Å². The van der Waals surface area contributed by atoms with E-state index in [0.717, 1.165) is 23.7 Å². The van der Waals surface area contributed by atoms with Crippen LogP contribution in [0.25, 0.3) is 0 Å². The fourth-order valence-electron chi connectivity index (χ4n) is 2.43. The van der Waals surface area contributed by atoms with Crippen LogP contribution in [0.3, 0.4) is 0 Å². The molecular weight excluding hydrogens is 356 g/mol. The molecule has 27 heavy (non-hydrogen) atoms. The Balaban J connectivity index is 1.92. The number of alkyl halides is 2. The minimum absolute atomic E-state index is 0.141. The summed E-state index contributed by atoms with van der Waals surface area (Å²) in [5, 5.41) is 3.31. The van der Waals surface area contributed by atoms with E-state index in [0.29, 0.717) is 26.2 Å². The van der Waals surface area contributed by atoms with Crippen molar-refractivity contribution >= 4 is 5.96 Å². The molecule has 1 aromatic carbocycles. The van der Waals surface area contributed by atoms with Gasteiger partial charge in [0.1, 0.15) is 11.5 Å². The number of halogens is 2. The summed E-state index contributed by atoms with van der Waals surface area (Å²) in [7, 11) is 3.54. The van der Waals surface area contributed by atoms with Gasteiger partial charge in [-0.05, 0) is 29.8 Å². The second-order valence-corrected chi connectivity index (χ2v) is 5.83. The van der Waals surface area contributed by atoms with Crippen molar-refractivity contribution in [3.8, 4) is 5.75 Å². The number of ether oxygens (including phenoxy) is 2. The third-order valence-electron chi connectivity index (χ3n) is 3.72. The number of methoxy groups -OCH3 is 1. The quantitative estimate of drug-likeness (QED) is 0.389. The van der Waals surface area contributed by atoms with Gasteiger partial charge in [0.15, 0.2) is 5.96 Å². The molecule has 0 atom stereocenters. The Bertz CT molecular complexity index is 676. The lowest BCUT2D eigenvalue weighted by Gasteiger charge is -2.22. The molecule has 0 saturated carbocycles. The highest BCUT2D eigenvalue weighted by atomic mass is 19.3. The summed E-state index contributed by atoms with van der Waals surface area (Å²) in [5.74, 6) is 1.77. The summed E-state index contributed by atoms with van der Waals surface area (Å²) in [6.45, 7) is -0.530. The fourth-order valence-corrected chi connectivity index (χ4v) is 2.43. The second kappa shape index (κ2) is 11.2. The molecule has 0 spiro atoms. The zero-order chi connectivity index (χ0) is 19.5. The van der Waals surface area contributed by atoms with Gasteiger partial charge in [-0.2, -0.15) is 8.78 Å². The molecule has 6 nitrogen and oxygen atoms in total. The third-order valence-corrected chi connectivity index (χ3v) is 3.72. The first-order chi connectivity index (χ1) is 13.1. The minimum Gasteiger partial charge on any atom is -0.469 e. The first-order valence-corrected chi connectivity index (χ1v) is 8.63. The highest BCUT2D eigenvalue weighted by molar-refractivity contribution is 5.79. The van der Waals surface area contributed by atoms with Crippen LogP contribution < -0.4 is 10.1 Å². The highest BCUT2D eigenvalue weighted by Gasteiger charge is 2.09. The summed E-state index contributed by atoms with van der Waals surface area (Å²) >= 11 is 0. The molecular formula is C19H25F2N3O3. The SMILES string of the molecule is COCCN=C(NCCc1ccco1)N(C)Cc1ccc(OC(F)F)cc1. The van der Waals surface area contributed by atoms with E-state index >= 15 is 0 Å². The highest BCUT2D eigenvalue weighted by Crippen LogP contribution is 2.15. The van der Waals surface area contributed by atoms with Crippen LogP contribution in [-0.2, 0) is 17.7 Å². The lowest BCUT2D eigenvalue weighted by Crippen LogP contribution is -2.39. The second-order valence-electron chi connectivity index (χ2n) is 5.83. The van der Waals surface area contributed by atoms with Crippen LogP contribution in [-0.4, -0.2) is 51.3 Å². The number of nitrogens with zero attached hydrogens (tertiary/aromatic N) is 2. The Morgan fingerprint density at radius 2 is 2.04 bits per heavy atom. The van der Waals surface area contributed by atoms with Gasteiger partial charge in [0.25, 0.3) is 0 Å². The van der Waals surface area contributed by atoms with Gasteiger partial charge in [-0.1, -0.05) is 12.1 Å². The summed E-state index contributed by atoms with van der Waals surface area (Å²) in [5.41, 5.74) is 0.950. The van der Waals surface area contributed by atoms with Crippen LogP contribution >= 0.6 is 0 Å². The Kier molecular flexibility index (Phi) is 8.57. The minimum atomic E-state index is -2.82. The molecule has 2 rings (SSSR count). The molecule has 148 valence electrons.